The van der Waals surface area contributed by atoms with Crippen molar-refractivity contribution in [2.24, 2.45) is 21.3 Å². The molecule has 0 saturated carbocycles. The van der Waals surface area contributed by atoms with E-state index in [2.05, 4.69) is 20.9 Å². The molecular formula is C9H11N5. The van der Waals surface area contributed by atoms with Crippen molar-refractivity contribution in [1.29, 1.82) is 0 Å². The Morgan fingerprint density at radius 3 is 2.64 bits per heavy atom. The Bertz CT molecular complexity index is 345. The van der Waals surface area contributed by atoms with E-state index in [-0.39, 0.29) is 0 Å². The van der Waals surface area contributed by atoms with E-state index in [0.29, 0.717) is 6.42 Å². The van der Waals surface area contributed by atoms with Crippen molar-refractivity contribution in [3.8, 4) is 0 Å². The summed E-state index contributed by atoms with van der Waals surface area (Å²) >= 11 is 0. The summed E-state index contributed by atoms with van der Waals surface area (Å²) in [5.41, 5.74) is 3.09. The molecule has 0 aromatic heterocycles. The Morgan fingerprint density at radius 1 is 1.29 bits per heavy atom. The summed E-state index contributed by atoms with van der Waals surface area (Å²) in [6, 6.07) is 9.95. The lowest BCUT2D eigenvalue weighted by Gasteiger charge is -2.19. The number of hydrogen-bond donors (Lipinski definition) is 2. The third-order valence-corrected chi connectivity index (χ3v) is 2.11. The number of nitrogens with one attached hydrogen (secondary N) is 1. The molecule has 1 atom stereocenters. The van der Waals surface area contributed by atoms with Gasteiger partial charge in [-0.3, -0.25) is 5.84 Å². The van der Waals surface area contributed by atoms with Crippen molar-refractivity contribution in [1.82, 2.24) is 5.43 Å². The van der Waals surface area contributed by atoms with Crippen molar-refractivity contribution in [3.63, 3.8) is 0 Å². The number of hydrazine groups is 1. The van der Waals surface area contributed by atoms with E-state index in [9.17, 15) is 0 Å². The zero-order valence-corrected chi connectivity index (χ0v) is 7.59. The molecule has 5 heteroatoms. The fourth-order valence-corrected chi connectivity index (χ4v) is 1.36. The Kier molecular flexibility index (Phi) is 2.34. The first-order valence-electron chi connectivity index (χ1n) is 4.33. The third-order valence-electron chi connectivity index (χ3n) is 2.11. The summed E-state index contributed by atoms with van der Waals surface area (Å²) in [4.78, 5) is 0. The van der Waals surface area contributed by atoms with Crippen molar-refractivity contribution in [2.45, 2.75) is 12.1 Å². The quantitative estimate of drug-likeness (QED) is 0.546. The summed E-state index contributed by atoms with van der Waals surface area (Å²) < 4.78 is 0. The van der Waals surface area contributed by atoms with Gasteiger partial charge in [0.2, 0.25) is 0 Å². The average Bonchev–Trinajstić information content (AvgIpc) is 2.69. The molecule has 0 spiro atoms. The summed E-state index contributed by atoms with van der Waals surface area (Å²) in [5.74, 6) is 5.42. The lowest BCUT2D eigenvalue weighted by atomic mass is 10.0. The van der Waals surface area contributed by atoms with Gasteiger partial charge in [-0.2, -0.15) is 0 Å². The number of benzene rings is 1. The molecule has 0 amide bonds. The minimum atomic E-state index is -0.665. The number of hydrogen-bond acceptors (Lipinski definition) is 5. The Labute approximate surface area is 81.7 Å². The molecular weight excluding hydrogens is 178 g/mol. The lowest BCUT2D eigenvalue weighted by molar-refractivity contribution is 0.458. The van der Waals surface area contributed by atoms with Crippen LogP contribution in [0.2, 0.25) is 0 Å². The second kappa shape index (κ2) is 3.65. The van der Waals surface area contributed by atoms with Crippen LogP contribution in [0.1, 0.15) is 5.56 Å². The number of nitrogens with zero attached hydrogens (tertiary/aromatic N) is 3. The van der Waals surface area contributed by atoms with E-state index in [1.807, 2.05) is 30.3 Å². The topological polar surface area (TPSA) is 75.1 Å². The molecule has 1 heterocycles. The van der Waals surface area contributed by atoms with E-state index in [0.717, 1.165) is 5.56 Å². The van der Waals surface area contributed by atoms with Crippen molar-refractivity contribution in [2.75, 3.05) is 0 Å². The molecule has 72 valence electrons. The Hall–Kier alpha value is -1.59. The zero-order valence-electron chi connectivity index (χ0n) is 7.59. The van der Waals surface area contributed by atoms with Gasteiger partial charge < -0.3 is 0 Å². The van der Waals surface area contributed by atoms with Gasteiger partial charge in [-0.15, -0.1) is 10.2 Å². The molecule has 1 aliphatic rings. The van der Waals surface area contributed by atoms with Crippen LogP contribution in [0.25, 0.3) is 0 Å². The second-order valence-electron chi connectivity index (χ2n) is 3.16. The van der Waals surface area contributed by atoms with Crippen LogP contribution in [0.4, 0.5) is 0 Å². The molecule has 0 fully saturated rings. The van der Waals surface area contributed by atoms with Crippen molar-refractivity contribution < 1.29 is 0 Å². The first kappa shape index (κ1) is 8.98. The molecule has 1 aromatic rings. The molecule has 1 aromatic carbocycles. The molecule has 1 aliphatic heterocycles. The van der Waals surface area contributed by atoms with Gasteiger partial charge in [-0.05, 0) is 10.8 Å². The standard InChI is InChI=1S/C9H11N5/c10-12-9(7-11-14-13-9)6-8-4-2-1-3-5-8/h1-5,7,12H,6,10H2. The fraction of sp³-hybridized carbons (Fsp3) is 0.222. The summed E-state index contributed by atoms with van der Waals surface area (Å²) in [6.07, 6.45) is 2.26. The monoisotopic (exact) mass is 189 g/mol. The minimum Gasteiger partial charge on any atom is -0.269 e. The first-order chi connectivity index (χ1) is 6.85. The van der Waals surface area contributed by atoms with Crippen LogP contribution >= 0.6 is 0 Å². The van der Waals surface area contributed by atoms with Gasteiger partial charge in [0.1, 0.15) is 0 Å². The lowest BCUT2D eigenvalue weighted by Crippen LogP contribution is -2.49. The molecule has 5 nitrogen and oxygen atoms in total. The molecule has 0 radical (unpaired) electrons. The van der Waals surface area contributed by atoms with E-state index < -0.39 is 5.66 Å². The van der Waals surface area contributed by atoms with E-state index in [1.54, 1.807) is 6.21 Å². The first-order valence-corrected chi connectivity index (χ1v) is 4.33. The number of rotatable bonds is 3. The predicted octanol–water partition coefficient (Wildman–Crippen LogP) is 0.840. The Balaban J connectivity index is 2.17. The van der Waals surface area contributed by atoms with Gasteiger partial charge in [0.05, 0.1) is 6.21 Å². The van der Waals surface area contributed by atoms with Crippen LogP contribution in [0.15, 0.2) is 45.8 Å². The van der Waals surface area contributed by atoms with Gasteiger partial charge in [0.25, 0.3) is 0 Å². The highest BCUT2D eigenvalue weighted by Crippen LogP contribution is 2.16. The predicted molar refractivity (Wildman–Crippen MR) is 53.5 cm³/mol. The molecule has 2 rings (SSSR count). The highest BCUT2D eigenvalue weighted by atomic mass is 15.5. The summed E-state index contributed by atoms with van der Waals surface area (Å²) in [7, 11) is 0. The van der Waals surface area contributed by atoms with Crippen LogP contribution in [-0.4, -0.2) is 11.9 Å². The highest BCUT2D eigenvalue weighted by Gasteiger charge is 2.29. The van der Waals surface area contributed by atoms with E-state index in [1.165, 1.54) is 0 Å². The molecule has 1 unspecified atom stereocenters. The van der Waals surface area contributed by atoms with Gasteiger partial charge in [0.15, 0.2) is 5.66 Å². The van der Waals surface area contributed by atoms with Crippen molar-refractivity contribution in [3.05, 3.63) is 35.9 Å². The van der Waals surface area contributed by atoms with Crippen LogP contribution in [0, 0.1) is 0 Å². The van der Waals surface area contributed by atoms with Crippen LogP contribution in [0.5, 0.6) is 0 Å². The maximum absolute atomic E-state index is 5.42. The minimum absolute atomic E-state index is 0.650. The molecule has 14 heavy (non-hydrogen) atoms. The second-order valence-corrected chi connectivity index (χ2v) is 3.16. The fourth-order valence-electron chi connectivity index (χ4n) is 1.36. The SMILES string of the molecule is NNC1(Cc2ccccc2)C=NN=N1. The third kappa shape index (κ3) is 1.68. The highest BCUT2D eigenvalue weighted by molar-refractivity contribution is 5.71. The summed E-state index contributed by atoms with van der Waals surface area (Å²) in [6.45, 7) is 0. The zero-order chi connectivity index (χ0) is 9.86. The van der Waals surface area contributed by atoms with E-state index in [4.69, 9.17) is 5.84 Å². The van der Waals surface area contributed by atoms with Crippen LogP contribution in [0.3, 0.4) is 0 Å². The molecule has 3 N–H and O–H groups in total. The van der Waals surface area contributed by atoms with Crippen molar-refractivity contribution >= 4 is 6.21 Å². The summed E-state index contributed by atoms with van der Waals surface area (Å²) in [5, 5.41) is 11.2. The van der Waals surface area contributed by atoms with E-state index >= 15 is 0 Å². The van der Waals surface area contributed by atoms with Crippen LogP contribution < -0.4 is 11.3 Å². The maximum Gasteiger partial charge on any atom is 0.187 e. The molecule has 0 bridgehead atoms. The Morgan fingerprint density at radius 2 is 2.07 bits per heavy atom. The van der Waals surface area contributed by atoms with Gasteiger partial charge in [-0.1, -0.05) is 30.3 Å². The largest absolute Gasteiger partial charge is 0.269 e. The number of nitrogens with two attached hydrogens (primary N) is 1. The van der Waals surface area contributed by atoms with Crippen LogP contribution in [-0.2, 0) is 6.42 Å². The normalized spacial score (nSPS) is 24.4. The smallest absolute Gasteiger partial charge is 0.187 e. The molecule has 0 aliphatic carbocycles. The average molecular weight is 189 g/mol. The van der Waals surface area contributed by atoms with Gasteiger partial charge >= 0.3 is 0 Å². The van der Waals surface area contributed by atoms with Gasteiger partial charge in [0, 0.05) is 6.42 Å². The van der Waals surface area contributed by atoms with Gasteiger partial charge in [-0.25, -0.2) is 5.43 Å². The maximum atomic E-state index is 5.42. The molecule has 0 saturated heterocycles.